The predicted molar refractivity (Wildman–Crippen MR) is 96.4 cm³/mol. The number of hydrogen-bond donors (Lipinski definition) is 0. The number of fused-ring (bicyclic) bond motifs is 2. The summed E-state index contributed by atoms with van der Waals surface area (Å²) in [6.07, 6.45) is 9.39. The van der Waals surface area contributed by atoms with Crippen LogP contribution in [0.5, 0.6) is 11.5 Å². The van der Waals surface area contributed by atoms with Crippen molar-refractivity contribution < 1.29 is 13.6 Å². The second-order valence-electron chi connectivity index (χ2n) is 6.73. The first kappa shape index (κ1) is 15.8. The molecule has 2 aromatic rings. The summed E-state index contributed by atoms with van der Waals surface area (Å²) in [6, 6.07) is 12.0. The molecule has 24 heavy (non-hydrogen) atoms. The third-order valence-electron chi connectivity index (χ3n) is 5.04. The molecule has 2 aliphatic carbocycles. The fourth-order valence-corrected chi connectivity index (χ4v) is 4.44. The van der Waals surface area contributed by atoms with Crippen LogP contribution in [0.15, 0.2) is 36.4 Å². The van der Waals surface area contributed by atoms with Crippen molar-refractivity contribution in [1.82, 2.24) is 0 Å². The van der Waals surface area contributed by atoms with E-state index in [1.54, 1.807) is 0 Å². The molecule has 4 rings (SSSR count). The lowest BCUT2D eigenvalue weighted by atomic mass is 9.92. The minimum Gasteiger partial charge on any atom is -0.418 e. The van der Waals surface area contributed by atoms with Gasteiger partial charge in [-0.2, -0.15) is 0 Å². The zero-order valence-electron chi connectivity index (χ0n) is 13.8. The van der Waals surface area contributed by atoms with Crippen LogP contribution in [0.3, 0.4) is 0 Å². The van der Waals surface area contributed by atoms with E-state index < -0.39 is 8.25 Å². The second kappa shape index (κ2) is 7.03. The summed E-state index contributed by atoms with van der Waals surface area (Å²) in [7, 11) is -2.60. The predicted octanol–water partition coefficient (Wildman–Crippen LogP) is 5.29. The molecule has 0 radical (unpaired) electrons. The van der Waals surface area contributed by atoms with E-state index in [0.29, 0.717) is 11.5 Å². The summed E-state index contributed by atoms with van der Waals surface area (Å²) in [5.74, 6) is 1.30. The molecule has 0 saturated carbocycles. The minimum atomic E-state index is -2.60. The van der Waals surface area contributed by atoms with Crippen LogP contribution in [-0.4, -0.2) is 0 Å². The number of rotatable bonds is 4. The van der Waals surface area contributed by atoms with E-state index in [0.717, 1.165) is 25.7 Å². The van der Waals surface area contributed by atoms with Crippen LogP contribution in [0.1, 0.15) is 47.9 Å². The van der Waals surface area contributed by atoms with E-state index in [4.69, 9.17) is 9.05 Å². The maximum Gasteiger partial charge on any atom is 0.418 e. The van der Waals surface area contributed by atoms with Crippen LogP contribution in [-0.2, 0) is 30.2 Å². The Kier molecular flexibility index (Phi) is 4.62. The Morgan fingerprint density at radius 3 is 1.50 bits per heavy atom. The van der Waals surface area contributed by atoms with Gasteiger partial charge in [0.1, 0.15) is 11.5 Å². The molecule has 0 heterocycles. The van der Waals surface area contributed by atoms with Gasteiger partial charge in [0, 0.05) is 0 Å². The molecular formula is C20H23O3P. The third-order valence-corrected chi connectivity index (χ3v) is 5.85. The zero-order valence-corrected chi connectivity index (χ0v) is 14.8. The SMILES string of the molecule is O=[PH](Oc1ccc2c(c1)CCCC2)Oc1ccc2c(c1)CCCC2. The van der Waals surface area contributed by atoms with Crippen molar-refractivity contribution in [3.8, 4) is 11.5 Å². The van der Waals surface area contributed by atoms with Crippen molar-refractivity contribution in [3.05, 3.63) is 58.7 Å². The summed E-state index contributed by atoms with van der Waals surface area (Å²) in [4.78, 5) is 0. The highest BCUT2D eigenvalue weighted by Crippen LogP contribution is 2.34. The van der Waals surface area contributed by atoms with Gasteiger partial charge in [-0.15, -0.1) is 0 Å². The largest absolute Gasteiger partial charge is 0.418 e. The molecule has 3 nitrogen and oxygen atoms in total. The molecule has 2 aliphatic rings. The van der Waals surface area contributed by atoms with Gasteiger partial charge in [-0.25, -0.2) is 4.57 Å². The zero-order chi connectivity index (χ0) is 16.4. The summed E-state index contributed by atoms with van der Waals surface area (Å²) in [5, 5.41) is 0. The summed E-state index contributed by atoms with van der Waals surface area (Å²) in [5.41, 5.74) is 5.43. The molecule has 126 valence electrons. The smallest absolute Gasteiger partial charge is 0.418 e. The average molecular weight is 342 g/mol. The van der Waals surface area contributed by atoms with Crippen LogP contribution in [0, 0.1) is 0 Å². The molecule has 0 N–H and O–H groups in total. The molecule has 4 heteroatoms. The lowest BCUT2D eigenvalue weighted by Crippen LogP contribution is -2.03. The number of aryl methyl sites for hydroxylation is 4. The standard InChI is InChI=1S/C20H23O3P/c21-24(22-19-11-9-15-5-1-3-7-17(15)13-19)23-20-12-10-16-6-2-4-8-18(16)14-20/h9-14,24H,1-8H2. The van der Waals surface area contributed by atoms with Crippen LogP contribution in [0.25, 0.3) is 0 Å². The number of hydrogen-bond acceptors (Lipinski definition) is 3. The Hall–Kier alpha value is -1.73. The van der Waals surface area contributed by atoms with Crippen LogP contribution in [0.2, 0.25) is 0 Å². The quantitative estimate of drug-likeness (QED) is 0.708. The van der Waals surface area contributed by atoms with E-state index in [1.807, 2.05) is 24.3 Å². The van der Waals surface area contributed by atoms with Crippen LogP contribution < -0.4 is 9.05 Å². The summed E-state index contributed by atoms with van der Waals surface area (Å²) >= 11 is 0. The summed E-state index contributed by atoms with van der Waals surface area (Å²) < 4.78 is 23.4. The Morgan fingerprint density at radius 2 is 1.04 bits per heavy atom. The van der Waals surface area contributed by atoms with Gasteiger partial charge in [0.2, 0.25) is 0 Å². The first-order valence-electron chi connectivity index (χ1n) is 8.91. The normalized spacial score (nSPS) is 16.4. The van der Waals surface area contributed by atoms with Crippen molar-refractivity contribution in [2.45, 2.75) is 51.4 Å². The molecule has 0 aliphatic heterocycles. The molecule has 0 aromatic heterocycles. The topological polar surface area (TPSA) is 35.5 Å². The van der Waals surface area contributed by atoms with E-state index in [-0.39, 0.29) is 0 Å². The van der Waals surface area contributed by atoms with Crippen molar-refractivity contribution in [1.29, 1.82) is 0 Å². The van der Waals surface area contributed by atoms with Gasteiger partial charge in [-0.3, -0.25) is 0 Å². The van der Waals surface area contributed by atoms with Crippen molar-refractivity contribution in [3.63, 3.8) is 0 Å². The Bertz CT molecular complexity index is 706. The number of benzene rings is 2. The van der Waals surface area contributed by atoms with Gasteiger partial charge in [0.25, 0.3) is 0 Å². The lowest BCUT2D eigenvalue weighted by molar-refractivity contribution is 0.415. The summed E-state index contributed by atoms with van der Waals surface area (Å²) in [6.45, 7) is 0. The van der Waals surface area contributed by atoms with E-state index in [2.05, 4.69) is 12.1 Å². The van der Waals surface area contributed by atoms with Gasteiger partial charge in [0.05, 0.1) is 0 Å². The minimum absolute atomic E-state index is 0.650. The monoisotopic (exact) mass is 342 g/mol. The van der Waals surface area contributed by atoms with Gasteiger partial charge in [-0.1, -0.05) is 12.1 Å². The highest BCUT2D eigenvalue weighted by molar-refractivity contribution is 7.34. The fourth-order valence-electron chi connectivity index (χ4n) is 3.76. The average Bonchev–Trinajstić information content (AvgIpc) is 2.61. The first-order chi connectivity index (χ1) is 11.8. The molecular weight excluding hydrogens is 319 g/mol. The highest BCUT2D eigenvalue weighted by Gasteiger charge is 2.13. The molecule has 0 amide bonds. The van der Waals surface area contributed by atoms with E-state index in [1.165, 1.54) is 47.9 Å². The molecule has 2 aromatic carbocycles. The van der Waals surface area contributed by atoms with Gasteiger partial charge < -0.3 is 9.05 Å². The molecule has 0 saturated heterocycles. The Morgan fingerprint density at radius 1 is 0.625 bits per heavy atom. The fraction of sp³-hybridized carbons (Fsp3) is 0.400. The first-order valence-corrected chi connectivity index (χ1v) is 10.1. The molecule has 0 spiro atoms. The second-order valence-corrected chi connectivity index (χ2v) is 7.64. The Labute approximate surface area is 144 Å². The van der Waals surface area contributed by atoms with Crippen molar-refractivity contribution in [2.24, 2.45) is 0 Å². The third kappa shape index (κ3) is 3.52. The maximum absolute atomic E-state index is 12.3. The van der Waals surface area contributed by atoms with Gasteiger partial charge in [-0.05, 0) is 97.9 Å². The molecule has 0 atom stereocenters. The lowest BCUT2D eigenvalue weighted by Gasteiger charge is -2.18. The maximum atomic E-state index is 12.3. The molecule has 0 unspecified atom stereocenters. The Balaban J connectivity index is 1.43. The highest BCUT2D eigenvalue weighted by atomic mass is 31.1. The van der Waals surface area contributed by atoms with Crippen LogP contribution >= 0.6 is 8.25 Å². The van der Waals surface area contributed by atoms with Crippen molar-refractivity contribution >= 4 is 8.25 Å². The molecule has 0 bridgehead atoms. The van der Waals surface area contributed by atoms with Crippen molar-refractivity contribution in [2.75, 3.05) is 0 Å². The molecule has 0 fully saturated rings. The van der Waals surface area contributed by atoms with Gasteiger partial charge >= 0.3 is 8.25 Å². The van der Waals surface area contributed by atoms with E-state index >= 15 is 0 Å². The van der Waals surface area contributed by atoms with Gasteiger partial charge in [0.15, 0.2) is 0 Å². The van der Waals surface area contributed by atoms with E-state index in [9.17, 15) is 4.57 Å². The van der Waals surface area contributed by atoms with Crippen LogP contribution in [0.4, 0.5) is 0 Å².